The Balaban J connectivity index is 0.00000220. The van der Waals surface area contributed by atoms with Gasteiger partial charge in [-0.3, -0.25) is 4.90 Å². The van der Waals surface area contributed by atoms with Crippen molar-refractivity contribution in [1.82, 2.24) is 9.88 Å². The zero-order valence-corrected chi connectivity index (χ0v) is 14.5. The number of halogens is 1. The van der Waals surface area contributed by atoms with Gasteiger partial charge in [-0.25, -0.2) is 0 Å². The Bertz CT molecular complexity index is 555. The van der Waals surface area contributed by atoms with Crippen molar-refractivity contribution >= 4 is 23.3 Å². The molecule has 118 valence electrons. The average molecular weight is 311 g/mol. The molecule has 0 radical (unpaired) electrons. The minimum atomic E-state index is 0. The van der Waals surface area contributed by atoms with Crippen LogP contribution in [-0.2, 0) is 6.42 Å². The van der Waals surface area contributed by atoms with Gasteiger partial charge < -0.3 is 9.72 Å². The Morgan fingerprint density at radius 2 is 1.81 bits per heavy atom. The molecule has 2 aromatic rings. The molecule has 1 N–H and O–H groups in total. The maximum Gasteiger partial charge on any atom is 0.120 e. The van der Waals surface area contributed by atoms with Gasteiger partial charge in [-0.1, -0.05) is 0 Å². The van der Waals surface area contributed by atoms with Crippen LogP contribution in [0.3, 0.4) is 0 Å². The predicted molar refractivity (Wildman–Crippen MR) is 92.8 cm³/mol. The van der Waals surface area contributed by atoms with E-state index < -0.39 is 0 Å². The van der Waals surface area contributed by atoms with E-state index in [2.05, 4.69) is 55.9 Å². The van der Waals surface area contributed by atoms with Crippen molar-refractivity contribution in [2.24, 2.45) is 0 Å². The van der Waals surface area contributed by atoms with E-state index in [-0.39, 0.29) is 12.4 Å². The first-order valence-corrected chi connectivity index (χ1v) is 7.42. The third-order valence-electron chi connectivity index (χ3n) is 3.94. The summed E-state index contributed by atoms with van der Waals surface area (Å²) in [5, 5.41) is 1.30. The number of aromatic amines is 1. The molecule has 0 fully saturated rings. The second-order valence-electron chi connectivity index (χ2n) is 5.90. The van der Waals surface area contributed by atoms with Crippen LogP contribution in [0.25, 0.3) is 10.9 Å². The van der Waals surface area contributed by atoms with Gasteiger partial charge in [0, 0.05) is 41.8 Å². The van der Waals surface area contributed by atoms with E-state index in [1.165, 1.54) is 10.9 Å². The average Bonchev–Trinajstić information content (AvgIpc) is 2.80. The molecule has 0 bridgehead atoms. The van der Waals surface area contributed by atoms with E-state index in [4.69, 9.17) is 4.74 Å². The Kier molecular flexibility index (Phi) is 6.56. The molecule has 1 aromatic heterocycles. The van der Waals surface area contributed by atoms with Gasteiger partial charge in [0.1, 0.15) is 5.75 Å². The zero-order chi connectivity index (χ0) is 14.7. The van der Waals surface area contributed by atoms with E-state index >= 15 is 0 Å². The minimum Gasteiger partial charge on any atom is -0.497 e. The molecule has 0 unspecified atom stereocenters. The summed E-state index contributed by atoms with van der Waals surface area (Å²) in [5.41, 5.74) is 2.54. The number of nitrogens with one attached hydrogen (secondary N) is 1. The Morgan fingerprint density at radius 1 is 1.14 bits per heavy atom. The van der Waals surface area contributed by atoms with Crippen molar-refractivity contribution in [2.45, 2.75) is 46.2 Å². The molecule has 0 saturated carbocycles. The first kappa shape index (κ1) is 17.9. The summed E-state index contributed by atoms with van der Waals surface area (Å²) in [7, 11) is 1.70. The van der Waals surface area contributed by atoms with Gasteiger partial charge in [-0.2, -0.15) is 0 Å². The highest BCUT2D eigenvalue weighted by molar-refractivity contribution is 5.85. The van der Waals surface area contributed by atoms with Crippen molar-refractivity contribution in [3.05, 3.63) is 30.0 Å². The highest BCUT2D eigenvalue weighted by Crippen LogP contribution is 2.24. The van der Waals surface area contributed by atoms with Crippen LogP contribution in [0.1, 0.15) is 33.3 Å². The largest absolute Gasteiger partial charge is 0.497 e. The summed E-state index contributed by atoms with van der Waals surface area (Å²) in [6.45, 7) is 10.1. The molecule has 2 rings (SSSR count). The lowest BCUT2D eigenvalue weighted by Crippen LogP contribution is -2.38. The number of fused-ring (bicyclic) bond motifs is 1. The van der Waals surface area contributed by atoms with Crippen molar-refractivity contribution in [1.29, 1.82) is 0 Å². The maximum atomic E-state index is 5.26. The monoisotopic (exact) mass is 310 g/mol. The van der Waals surface area contributed by atoms with Crippen molar-refractivity contribution in [3.8, 4) is 5.75 Å². The maximum absolute atomic E-state index is 5.26. The summed E-state index contributed by atoms with van der Waals surface area (Å²) in [4.78, 5) is 5.88. The molecule has 1 aromatic carbocycles. The third kappa shape index (κ3) is 4.14. The molecule has 3 nitrogen and oxygen atoms in total. The predicted octanol–water partition coefficient (Wildman–Crippen LogP) is 4.26. The van der Waals surface area contributed by atoms with E-state index in [1.807, 2.05) is 6.07 Å². The molecule has 4 heteroatoms. The molecule has 0 atom stereocenters. The fourth-order valence-electron chi connectivity index (χ4n) is 2.86. The minimum absolute atomic E-state index is 0. The van der Waals surface area contributed by atoms with Crippen LogP contribution in [-0.4, -0.2) is 35.6 Å². The fraction of sp³-hybridized carbons (Fsp3) is 0.529. The van der Waals surface area contributed by atoms with Gasteiger partial charge in [0.15, 0.2) is 0 Å². The van der Waals surface area contributed by atoms with E-state index in [1.54, 1.807) is 7.11 Å². The van der Waals surface area contributed by atoms with Crippen molar-refractivity contribution < 1.29 is 4.74 Å². The van der Waals surface area contributed by atoms with Crippen LogP contribution < -0.4 is 4.74 Å². The molecule has 0 amide bonds. The number of methoxy groups -OCH3 is 1. The third-order valence-corrected chi connectivity index (χ3v) is 3.94. The summed E-state index contributed by atoms with van der Waals surface area (Å²) in [5.74, 6) is 0.900. The summed E-state index contributed by atoms with van der Waals surface area (Å²) < 4.78 is 5.26. The topological polar surface area (TPSA) is 28.3 Å². The molecule has 1 heterocycles. The highest BCUT2D eigenvalue weighted by atomic mass is 35.5. The molecule has 0 spiro atoms. The lowest BCUT2D eigenvalue weighted by Gasteiger charge is -2.30. The molecule has 0 aliphatic heterocycles. The number of H-pyrrole nitrogens is 1. The second kappa shape index (κ2) is 7.71. The van der Waals surface area contributed by atoms with Crippen LogP contribution in [0.4, 0.5) is 0 Å². The normalized spacial score (nSPS) is 11.4. The summed E-state index contributed by atoms with van der Waals surface area (Å²) >= 11 is 0. The lowest BCUT2D eigenvalue weighted by molar-refractivity contribution is 0.177. The second-order valence-corrected chi connectivity index (χ2v) is 5.90. The van der Waals surface area contributed by atoms with Crippen LogP contribution in [0.15, 0.2) is 24.4 Å². The van der Waals surface area contributed by atoms with Gasteiger partial charge in [-0.15, -0.1) is 12.4 Å². The molecular weight excluding hydrogens is 284 g/mol. The lowest BCUT2D eigenvalue weighted by atomic mass is 10.1. The number of ether oxygens (including phenoxy) is 1. The number of nitrogens with zero attached hydrogens (tertiary/aromatic N) is 1. The van der Waals surface area contributed by atoms with E-state index in [0.29, 0.717) is 12.1 Å². The number of rotatable bonds is 6. The van der Waals surface area contributed by atoms with Gasteiger partial charge in [0.25, 0.3) is 0 Å². The van der Waals surface area contributed by atoms with E-state index in [0.717, 1.165) is 24.2 Å². The summed E-state index contributed by atoms with van der Waals surface area (Å²) in [6.07, 6.45) is 3.20. The Labute approximate surface area is 134 Å². The molecular formula is C17H27ClN2O. The number of aromatic nitrogens is 1. The highest BCUT2D eigenvalue weighted by Gasteiger charge is 2.14. The molecule has 0 saturated heterocycles. The molecule has 21 heavy (non-hydrogen) atoms. The quantitative estimate of drug-likeness (QED) is 0.863. The van der Waals surface area contributed by atoms with Crippen LogP contribution >= 0.6 is 12.4 Å². The zero-order valence-electron chi connectivity index (χ0n) is 13.6. The Morgan fingerprint density at radius 3 is 2.38 bits per heavy atom. The SMILES string of the molecule is COc1ccc2c(CCN(C(C)C)C(C)C)c[nH]c2c1.Cl. The molecule has 0 aliphatic carbocycles. The number of benzene rings is 1. The summed E-state index contributed by atoms with van der Waals surface area (Å²) in [6, 6.07) is 7.40. The standard InChI is InChI=1S/C17H26N2O.ClH/c1-12(2)19(13(3)4)9-8-14-11-18-17-10-15(20-5)6-7-16(14)17;/h6-7,10-13,18H,8-9H2,1-5H3;1H. The van der Waals surface area contributed by atoms with Gasteiger partial charge >= 0.3 is 0 Å². The number of hydrogen-bond donors (Lipinski definition) is 1. The molecule has 0 aliphatic rings. The van der Waals surface area contributed by atoms with Gasteiger partial charge in [0.2, 0.25) is 0 Å². The van der Waals surface area contributed by atoms with Crippen molar-refractivity contribution in [3.63, 3.8) is 0 Å². The first-order valence-electron chi connectivity index (χ1n) is 7.42. The fourth-order valence-corrected chi connectivity index (χ4v) is 2.86. The Hall–Kier alpha value is -1.19. The van der Waals surface area contributed by atoms with Gasteiger partial charge in [-0.05, 0) is 51.8 Å². The smallest absolute Gasteiger partial charge is 0.120 e. The van der Waals surface area contributed by atoms with Gasteiger partial charge in [0.05, 0.1) is 7.11 Å². The van der Waals surface area contributed by atoms with Crippen LogP contribution in [0, 0.1) is 0 Å². The number of hydrogen-bond acceptors (Lipinski definition) is 2. The van der Waals surface area contributed by atoms with Crippen molar-refractivity contribution in [2.75, 3.05) is 13.7 Å². The van der Waals surface area contributed by atoms with Crippen LogP contribution in [0.2, 0.25) is 0 Å². The first-order chi connectivity index (χ1) is 9.52. The van der Waals surface area contributed by atoms with Crippen LogP contribution in [0.5, 0.6) is 5.75 Å². The van der Waals surface area contributed by atoms with E-state index in [9.17, 15) is 0 Å².